The summed E-state index contributed by atoms with van der Waals surface area (Å²) >= 11 is 8.52. The summed E-state index contributed by atoms with van der Waals surface area (Å²) < 4.78 is 1.03. The number of nitrogens with one attached hydrogen (secondary N) is 1. The quantitative estimate of drug-likeness (QED) is 0.777. The van der Waals surface area contributed by atoms with Crippen molar-refractivity contribution in [2.24, 2.45) is 5.73 Å². The number of benzene rings is 1. The van der Waals surface area contributed by atoms with Crippen molar-refractivity contribution in [2.45, 2.75) is 39.2 Å². The van der Waals surface area contributed by atoms with Crippen molar-refractivity contribution < 1.29 is 0 Å². The molecule has 0 heterocycles. The summed E-state index contributed by atoms with van der Waals surface area (Å²) in [5.74, 6) is 0. The lowest BCUT2D eigenvalue weighted by Gasteiger charge is -2.17. The van der Waals surface area contributed by atoms with Gasteiger partial charge in [-0.05, 0) is 31.5 Å². The molecule has 0 fully saturated rings. The van der Waals surface area contributed by atoms with Gasteiger partial charge in [-0.3, -0.25) is 0 Å². The Morgan fingerprint density at radius 1 is 1.53 bits per heavy atom. The molecule has 0 spiro atoms. The summed E-state index contributed by atoms with van der Waals surface area (Å²) in [5.41, 5.74) is 7.64. The zero-order valence-electron chi connectivity index (χ0n) is 10.3. The molecule has 0 aliphatic rings. The minimum absolute atomic E-state index is 0.428. The Hall–Kier alpha value is -0.610. The summed E-state index contributed by atoms with van der Waals surface area (Å²) in [4.78, 5) is 0.433. The van der Waals surface area contributed by atoms with Crippen molar-refractivity contribution in [2.75, 3.05) is 5.32 Å². The maximum absolute atomic E-state index is 5.72. The lowest BCUT2D eigenvalue weighted by molar-refractivity contribution is 0.645. The van der Waals surface area contributed by atoms with Crippen molar-refractivity contribution >= 4 is 38.8 Å². The Bertz CT molecular complexity index is 393. The van der Waals surface area contributed by atoms with Gasteiger partial charge >= 0.3 is 0 Å². The molecule has 0 aliphatic carbocycles. The van der Waals surface area contributed by atoms with Gasteiger partial charge in [0.15, 0.2) is 0 Å². The van der Waals surface area contributed by atoms with Crippen LogP contribution in [0.2, 0.25) is 0 Å². The second kappa shape index (κ2) is 6.97. The number of anilines is 1. The summed E-state index contributed by atoms with van der Waals surface area (Å²) in [6.45, 7) is 4.38. The number of hydrogen-bond donors (Lipinski definition) is 2. The number of thiocarbonyl (C=S) groups is 1. The molecule has 0 radical (unpaired) electrons. The van der Waals surface area contributed by atoms with E-state index < -0.39 is 0 Å². The Morgan fingerprint density at radius 3 is 2.82 bits per heavy atom. The Kier molecular flexibility index (Phi) is 5.92. The van der Waals surface area contributed by atoms with E-state index in [2.05, 4.69) is 35.1 Å². The maximum Gasteiger partial charge on any atom is 0.106 e. The molecule has 94 valence electrons. The number of nitrogens with two attached hydrogens (primary N) is 1. The molecule has 17 heavy (non-hydrogen) atoms. The van der Waals surface area contributed by atoms with Gasteiger partial charge in [0.05, 0.1) is 0 Å². The van der Waals surface area contributed by atoms with Crippen molar-refractivity contribution in [3.05, 3.63) is 28.2 Å². The van der Waals surface area contributed by atoms with Gasteiger partial charge in [0, 0.05) is 21.8 Å². The number of halogens is 1. The number of unbranched alkanes of at least 4 members (excludes halogenated alkanes) is 1. The maximum atomic E-state index is 5.72. The Balaban J connectivity index is 2.81. The van der Waals surface area contributed by atoms with Gasteiger partial charge in [-0.15, -0.1) is 0 Å². The Morgan fingerprint density at radius 2 is 2.24 bits per heavy atom. The van der Waals surface area contributed by atoms with Gasteiger partial charge in [-0.1, -0.05) is 47.9 Å². The molecular weight excluding hydrogens is 296 g/mol. The molecule has 1 unspecified atom stereocenters. The minimum Gasteiger partial charge on any atom is -0.389 e. The van der Waals surface area contributed by atoms with Crippen LogP contribution in [0.15, 0.2) is 22.7 Å². The topological polar surface area (TPSA) is 38.0 Å². The fraction of sp³-hybridized carbons (Fsp3) is 0.462. The zero-order valence-corrected chi connectivity index (χ0v) is 12.7. The number of hydrogen-bond acceptors (Lipinski definition) is 2. The highest BCUT2D eigenvalue weighted by atomic mass is 79.9. The van der Waals surface area contributed by atoms with E-state index in [-0.39, 0.29) is 0 Å². The standard InChI is InChI=1S/C13H19BrN2S/c1-3-4-5-9(2)16-12-8-10(14)6-7-11(12)13(15)17/h6-9,16H,3-5H2,1-2H3,(H2,15,17). The van der Waals surface area contributed by atoms with E-state index in [1.165, 1.54) is 12.8 Å². The second-order valence-corrected chi connectivity index (χ2v) is 5.60. The molecule has 1 atom stereocenters. The fourth-order valence-electron chi connectivity index (χ4n) is 1.70. The summed E-state index contributed by atoms with van der Waals surface area (Å²) in [5, 5.41) is 3.47. The van der Waals surface area contributed by atoms with Gasteiger partial charge in [-0.25, -0.2) is 0 Å². The highest BCUT2D eigenvalue weighted by molar-refractivity contribution is 9.10. The minimum atomic E-state index is 0.428. The van der Waals surface area contributed by atoms with E-state index in [0.717, 1.165) is 22.1 Å². The van der Waals surface area contributed by atoms with Crippen LogP contribution in [0.5, 0.6) is 0 Å². The van der Waals surface area contributed by atoms with E-state index in [1.807, 2.05) is 18.2 Å². The predicted molar refractivity (Wildman–Crippen MR) is 82.6 cm³/mol. The summed E-state index contributed by atoms with van der Waals surface area (Å²) in [6.07, 6.45) is 3.59. The molecule has 0 aromatic heterocycles. The molecule has 1 aromatic carbocycles. The van der Waals surface area contributed by atoms with Crippen LogP contribution in [-0.2, 0) is 0 Å². The molecule has 3 N–H and O–H groups in total. The van der Waals surface area contributed by atoms with E-state index in [1.54, 1.807) is 0 Å². The highest BCUT2D eigenvalue weighted by Gasteiger charge is 2.08. The van der Waals surface area contributed by atoms with Crippen molar-refractivity contribution in [3.63, 3.8) is 0 Å². The van der Waals surface area contributed by atoms with Crippen LogP contribution in [-0.4, -0.2) is 11.0 Å². The average molecular weight is 315 g/mol. The van der Waals surface area contributed by atoms with Gasteiger partial charge in [0.25, 0.3) is 0 Å². The lowest BCUT2D eigenvalue weighted by atomic mass is 10.1. The van der Waals surface area contributed by atoms with Gasteiger partial charge in [-0.2, -0.15) is 0 Å². The third-order valence-corrected chi connectivity index (χ3v) is 3.35. The van der Waals surface area contributed by atoms with E-state index in [4.69, 9.17) is 18.0 Å². The predicted octanol–water partition coefficient (Wildman–Crippen LogP) is 4.07. The van der Waals surface area contributed by atoms with Crippen LogP contribution >= 0.6 is 28.1 Å². The molecular formula is C13H19BrN2S. The van der Waals surface area contributed by atoms with E-state index in [0.29, 0.717) is 11.0 Å². The van der Waals surface area contributed by atoms with Crippen LogP contribution in [0.1, 0.15) is 38.7 Å². The van der Waals surface area contributed by atoms with E-state index in [9.17, 15) is 0 Å². The molecule has 0 saturated heterocycles. The summed E-state index contributed by atoms with van der Waals surface area (Å²) in [6, 6.07) is 6.35. The highest BCUT2D eigenvalue weighted by Crippen LogP contribution is 2.23. The van der Waals surface area contributed by atoms with Gasteiger partial charge in [0.1, 0.15) is 4.99 Å². The van der Waals surface area contributed by atoms with Gasteiger partial charge < -0.3 is 11.1 Å². The van der Waals surface area contributed by atoms with Gasteiger partial charge in [0.2, 0.25) is 0 Å². The number of rotatable bonds is 6. The largest absolute Gasteiger partial charge is 0.389 e. The molecule has 0 aliphatic heterocycles. The first-order chi connectivity index (χ1) is 8.04. The van der Waals surface area contributed by atoms with Crippen LogP contribution in [0.4, 0.5) is 5.69 Å². The van der Waals surface area contributed by atoms with Crippen molar-refractivity contribution in [1.82, 2.24) is 0 Å². The third-order valence-electron chi connectivity index (χ3n) is 2.64. The molecule has 0 amide bonds. The summed E-state index contributed by atoms with van der Waals surface area (Å²) in [7, 11) is 0. The molecule has 2 nitrogen and oxygen atoms in total. The molecule has 0 bridgehead atoms. The normalized spacial score (nSPS) is 12.2. The monoisotopic (exact) mass is 314 g/mol. The second-order valence-electron chi connectivity index (χ2n) is 4.24. The lowest BCUT2D eigenvalue weighted by Crippen LogP contribution is -2.19. The van der Waals surface area contributed by atoms with Crippen LogP contribution in [0.3, 0.4) is 0 Å². The zero-order chi connectivity index (χ0) is 12.8. The van der Waals surface area contributed by atoms with Crippen molar-refractivity contribution in [3.8, 4) is 0 Å². The molecule has 1 aromatic rings. The van der Waals surface area contributed by atoms with Crippen molar-refractivity contribution in [1.29, 1.82) is 0 Å². The molecule has 0 saturated carbocycles. The first-order valence-electron chi connectivity index (χ1n) is 5.90. The van der Waals surface area contributed by atoms with Crippen LogP contribution in [0, 0.1) is 0 Å². The smallest absolute Gasteiger partial charge is 0.106 e. The first-order valence-corrected chi connectivity index (χ1v) is 7.10. The first kappa shape index (κ1) is 14.5. The fourth-order valence-corrected chi connectivity index (χ4v) is 2.24. The van der Waals surface area contributed by atoms with E-state index >= 15 is 0 Å². The molecule has 1 rings (SSSR count). The van der Waals surface area contributed by atoms with Crippen LogP contribution < -0.4 is 11.1 Å². The SMILES string of the molecule is CCCCC(C)Nc1cc(Br)ccc1C(N)=S. The Labute approximate surface area is 117 Å². The third kappa shape index (κ3) is 4.64. The van der Waals surface area contributed by atoms with Crippen LogP contribution in [0.25, 0.3) is 0 Å². The average Bonchev–Trinajstić information content (AvgIpc) is 2.26. The molecule has 4 heteroatoms.